The summed E-state index contributed by atoms with van der Waals surface area (Å²) in [6, 6.07) is 4.82. The van der Waals surface area contributed by atoms with E-state index >= 15 is 0 Å². The van der Waals surface area contributed by atoms with Gasteiger partial charge in [-0.25, -0.2) is 0 Å². The Hall–Kier alpha value is -1.15. The molecule has 0 aliphatic heterocycles. The molecule has 0 amide bonds. The van der Waals surface area contributed by atoms with Crippen LogP contribution in [0.5, 0.6) is 5.75 Å². The Morgan fingerprint density at radius 1 is 1.27 bits per heavy atom. The van der Waals surface area contributed by atoms with Crippen LogP contribution in [-0.4, -0.2) is 5.11 Å². The Balaban J connectivity index is 2.96. The molecule has 0 saturated carbocycles. The number of hydrogen-bond donors (Lipinski definition) is 1. The molecule has 0 saturated heterocycles. The molecule has 3 heteroatoms. The first-order valence-corrected chi connectivity index (χ1v) is 3.51. The standard InChI is InChI=1S/C8H5ClO2/c9-6-1-2-7(10)5-3-4-11-8(5)6/h1-4,10H. The maximum absolute atomic E-state index is 9.27. The lowest BCUT2D eigenvalue weighted by molar-refractivity contribution is 0.481. The molecule has 0 fully saturated rings. The molecule has 1 heterocycles. The third-order valence-electron chi connectivity index (χ3n) is 1.55. The Morgan fingerprint density at radius 2 is 2.09 bits per heavy atom. The van der Waals surface area contributed by atoms with Crippen molar-refractivity contribution in [2.45, 2.75) is 0 Å². The summed E-state index contributed by atoms with van der Waals surface area (Å²) in [7, 11) is 0. The number of furan rings is 1. The summed E-state index contributed by atoms with van der Waals surface area (Å²) in [4.78, 5) is 0. The minimum Gasteiger partial charge on any atom is -0.507 e. The van der Waals surface area contributed by atoms with E-state index in [0.717, 1.165) is 0 Å². The fourth-order valence-electron chi connectivity index (χ4n) is 1.01. The monoisotopic (exact) mass is 168 g/mol. The summed E-state index contributed by atoms with van der Waals surface area (Å²) in [6.45, 7) is 0. The maximum atomic E-state index is 9.27. The van der Waals surface area contributed by atoms with Crippen LogP contribution in [0.4, 0.5) is 0 Å². The zero-order valence-electron chi connectivity index (χ0n) is 5.54. The molecular weight excluding hydrogens is 164 g/mol. The van der Waals surface area contributed by atoms with Crippen LogP contribution in [0.1, 0.15) is 0 Å². The van der Waals surface area contributed by atoms with Gasteiger partial charge >= 0.3 is 0 Å². The van der Waals surface area contributed by atoms with E-state index in [2.05, 4.69) is 0 Å². The highest BCUT2D eigenvalue weighted by atomic mass is 35.5. The van der Waals surface area contributed by atoms with Gasteiger partial charge in [-0.3, -0.25) is 0 Å². The number of rotatable bonds is 0. The number of halogens is 1. The van der Waals surface area contributed by atoms with E-state index in [0.29, 0.717) is 16.0 Å². The summed E-state index contributed by atoms with van der Waals surface area (Å²) in [5.74, 6) is 0.193. The van der Waals surface area contributed by atoms with Crippen molar-refractivity contribution in [2.24, 2.45) is 0 Å². The van der Waals surface area contributed by atoms with Crippen molar-refractivity contribution < 1.29 is 9.52 Å². The van der Waals surface area contributed by atoms with Crippen LogP contribution in [0.2, 0.25) is 5.02 Å². The van der Waals surface area contributed by atoms with Gasteiger partial charge in [0.15, 0.2) is 5.58 Å². The zero-order valence-corrected chi connectivity index (χ0v) is 6.30. The number of fused-ring (bicyclic) bond motifs is 1. The van der Waals surface area contributed by atoms with Gasteiger partial charge in [-0.1, -0.05) is 11.6 Å². The largest absolute Gasteiger partial charge is 0.507 e. The first-order chi connectivity index (χ1) is 5.29. The van der Waals surface area contributed by atoms with Crippen molar-refractivity contribution in [3.05, 3.63) is 29.5 Å². The molecule has 2 nitrogen and oxygen atoms in total. The van der Waals surface area contributed by atoms with Crippen LogP contribution in [0.15, 0.2) is 28.9 Å². The minimum atomic E-state index is 0.193. The predicted molar refractivity (Wildman–Crippen MR) is 42.9 cm³/mol. The summed E-state index contributed by atoms with van der Waals surface area (Å²) < 4.78 is 5.04. The average molecular weight is 169 g/mol. The molecule has 11 heavy (non-hydrogen) atoms. The van der Waals surface area contributed by atoms with Crippen LogP contribution in [0.25, 0.3) is 11.0 Å². The molecular formula is C8H5ClO2. The molecule has 2 aromatic rings. The lowest BCUT2D eigenvalue weighted by Gasteiger charge is -1.93. The Morgan fingerprint density at radius 3 is 2.82 bits per heavy atom. The van der Waals surface area contributed by atoms with Crippen molar-refractivity contribution in [3.8, 4) is 5.75 Å². The maximum Gasteiger partial charge on any atom is 0.156 e. The van der Waals surface area contributed by atoms with E-state index in [4.69, 9.17) is 16.0 Å². The van der Waals surface area contributed by atoms with Gasteiger partial charge in [0.25, 0.3) is 0 Å². The molecule has 1 aromatic carbocycles. The Kier molecular flexibility index (Phi) is 1.29. The fourth-order valence-corrected chi connectivity index (χ4v) is 1.22. The summed E-state index contributed by atoms with van der Waals surface area (Å²) in [5, 5.41) is 10.4. The molecule has 2 rings (SSSR count). The van der Waals surface area contributed by atoms with Gasteiger partial charge in [-0.05, 0) is 18.2 Å². The van der Waals surface area contributed by atoms with Gasteiger partial charge in [0, 0.05) is 0 Å². The number of aromatic hydroxyl groups is 1. The van der Waals surface area contributed by atoms with E-state index < -0.39 is 0 Å². The third-order valence-corrected chi connectivity index (χ3v) is 1.84. The van der Waals surface area contributed by atoms with Crippen molar-refractivity contribution in [1.29, 1.82) is 0 Å². The summed E-state index contributed by atoms with van der Waals surface area (Å²) >= 11 is 5.77. The topological polar surface area (TPSA) is 33.4 Å². The summed E-state index contributed by atoms with van der Waals surface area (Å²) in [6.07, 6.45) is 1.50. The molecule has 56 valence electrons. The van der Waals surface area contributed by atoms with E-state index in [-0.39, 0.29) is 5.75 Å². The van der Waals surface area contributed by atoms with Gasteiger partial charge in [-0.2, -0.15) is 0 Å². The van der Waals surface area contributed by atoms with Crippen molar-refractivity contribution in [3.63, 3.8) is 0 Å². The second-order valence-electron chi connectivity index (χ2n) is 2.23. The smallest absolute Gasteiger partial charge is 0.156 e. The molecule has 0 spiro atoms. The third kappa shape index (κ3) is 0.870. The first-order valence-electron chi connectivity index (χ1n) is 3.14. The highest BCUT2D eigenvalue weighted by molar-refractivity contribution is 6.35. The minimum absolute atomic E-state index is 0.193. The lowest BCUT2D eigenvalue weighted by atomic mass is 10.2. The predicted octanol–water partition coefficient (Wildman–Crippen LogP) is 2.79. The number of hydrogen-bond acceptors (Lipinski definition) is 2. The molecule has 1 aromatic heterocycles. The van der Waals surface area contributed by atoms with E-state index in [1.54, 1.807) is 18.2 Å². The second kappa shape index (κ2) is 2.17. The highest BCUT2D eigenvalue weighted by Gasteiger charge is 2.05. The quantitative estimate of drug-likeness (QED) is 0.656. The average Bonchev–Trinajstić information content (AvgIpc) is 2.45. The molecule has 0 unspecified atom stereocenters. The van der Waals surface area contributed by atoms with Crippen molar-refractivity contribution in [1.82, 2.24) is 0 Å². The van der Waals surface area contributed by atoms with Gasteiger partial charge in [0.2, 0.25) is 0 Å². The van der Waals surface area contributed by atoms with Crippen LogP contribution in [0, 0.1) is 0 Å². The van der Waals surface area contributed by atoms with Gasteiger partial charge in [-0.15, -0.1) is 0 Å². The summed E-state index contributed by atoms with van der Waals surface area (Å²) in [5.41, 5.74) is 0.534. The van der Waals surface area contributed by atoms with Crippen LogP contribution in [0.3, 0.4) is 0 Å². The van der Waals surface area contributed by atoms with Gasteiger partial charge in [0.1, 0.15) is 5.75 Å². The van der Waals surface area contributed by atoms with Crippen LogP contribution < -0.4 is 0 Å². The number of phenolic OH excluding ortho intramolecular Hbond substituents is 1. The fraction of sp³-hybridized carbons (Fsp3) is 0. The van der Waals surface area contributed by atoms with Crippen molar-refractivity contribution >= 4 is 22.6 Å². The van der Waals surface area contributed by atoms with Crippen molar-refractivity contribution in [2.75, 3.05) is 0 Å². The van der Waals surface area contributed by atoms with Crippen LogP contribution in [-0.2, 0) is 0 Å². The highest BCUT2D eigenvalue weighted by Crippen LogP contribution is 2.30. The molecule has 0 aliphatic rings. The first kappa shape index (κ1) is 6.55. The molecule has 0 radical (unpaired) electrons. The Labute approximate surface area is 68.0 Å². The van der Waals surface area contributed by atoms with Crippen LogP contribution >= 0.6 is 11.6 Å². The normalized spacial score (nSPS) is 10.6. The molecule has 0 aliphatic carbocycles. The molecule has 0 bridgehead atoms. The number of benzene rings is 1. The SMILES string of the molecule is Oc1ccc(Cl)c2occc12. The van der Waals surface area contributed by atoms with Gasteiger partial charge < -0.3 is 9.52 Å². The van der Waals surface area contributed by atoms with Gasteiger partial charge in [0.05, 0.1) is 16.7 Å². The number of phenols is 1. The molecule has 0 atom stereocenters. The van der Waals surface area contributed by atoms with E-state index in [1.807, 2.05) is 0 Å². The Bertz CT molecular complexity index is 356. The molecule has 1 N–H and O–H groups in total. The van der Waals surface area contributed by atoms with E-state index in [9.17, 15) is 5.11 Å². The lowest BCUT2D eigenvalue weighted by Crippen LogP contribution is -1.67. The van der Waals surface area contributed by atoms with E-state index in [1.165, 1.54) is 6.26 Å². The second-order valence-corrected chi connectivity index (χ2v) is 2.64. The zero-order chi connectivity index (χ0) is 7.84.